The van der Waals surface area contributed by atoms with Gasteiger partial charge in [0.1, 0.15) is 11.3 Å². The molecular formula is C21H16Cl2N2O4. The van der Waals surface area contributed by atoms with Crippen molar-refractivity contribution in [2.24, 2.45) is 0 Å². The Bertz CT molecular complexity index is 1030. The van der Waals surface area contributed by atoms with Gasteiger partial charge >= 0.3 is 5.97 Å². The minimum absolute atomic E-state index is 0.0780. The van der Waals surface area contributed by atoms with Crippen LogP contribution in [0.1, 0.15) is 17.3 Å². The molecule has 1 N–H and O–H groups in total. The van der Waals surface area contributed by atoms with E-state index in [9.17, 15) is 9.59 Å². The smallest absolute Gasteiger partial charge is 0.344 e. The Labute approximate surface area is 177 Å². The Balaban J connectivity index is 1.69. The van der Waals surface area contributed by atoms with Gasteiger partial charge < -0.3 is 14.8 Å². The number of ether oxygens (including phenoxy) is 2. The van der Waals surface area contributed by atoms with Crippen LogP contribution >= 0.6 is 23.2 Å². The highest BCUT2D eigenvalue weighted by Gasteiger charge is 2.23. The van der Waals surface area contributed by atoms with Gasteiger partial charge in [-0.05, 0) is 49.4 Å². The number of carbonyl (C=O) groups is 2. The van der Waals surface area contributed by atoms with Crippen LogP contribution in [0, 0.1) is 0 Å². The summed E-state index contributed by atoms with van der Waals surface area (Å²) in [6.07, 6.45) is 0.397. The number of rotatable bonds is 6. The number of hydrogen-bond acceptors (Lipinski definition) is 5. The number of para-hydroxylation sites is 1. The summed E-state index contributed by atoms with van der Waals surface area (Å²) in [5.74, 6) is -0.711. The number of carbonyl (C=O) groups excluding carboxylic acids is 2. The fourth-order valence-corrected chi connectivity index (χ4v) is 2.67. The van der Waals surface area contributed by atoms with Crippen molar-refractivity contribution in [1.29, 1.82) is 0 Å². The number of aromatic nitrogens is 1. The number of nitrogens with one attached hydrogen (secondary N) is 1. The summed E-state index contributed by atoms with van der Waals surface area (Å²) in [6, 6.07) is 16.6. The third-order valence-electron chi connectivity index (χ3n) is 3.79. The molecule has 2 aromatic carbocycles. The van der Waals surface area contributed by atoms with Gasteiger partial charge in [0.2, 0.25) is 5.88 Å². The van der Waals surface area contributed by atoms with Crippen LogP contribution in [0.2, 0.25) is 10.0 Å². The van der Waals surface area contributed by atoms with E-state index in [2.05, 4.69) is 10.3 Å². The lowest BCUT2D eigenvalue weighted by Crippen LogP contribution is -2.30. The predicted octanol–water partition coefficient (Wildman–Crippen LogP) is 5.36. The predicted molar refractivity (Wildman–Crippen MR) is 111 cm³/mol. The molecule has 0 aliphatic heterocycles. The second-order valence-electron chi connectivity index (χ2n) is 5.93. The van der Waals surface area contributed by atoms with Crippen LogP contribution < -0.4 is 10.1 Å². The van der Waals surface area contributed by atoms with E-state index in [-0.39, 0.29) is 11.4 Å². The zero-order valence-electron chi connectivity index (χ0n) is 15.3. The summed E-state index contributed by atoms with van der Waals surface area (Å²) in [7, 11) is 0. The molecule has 29 heavy (non-hydrogen) atoms. The van der Waals surface area contributed by atoms with E-state index in [1.54, 1.807) is 42.5 Å². The Hall–Kier alpha value is -3.09. The van der Waals surface area contributed by atoms with Gasteiger partial charge in [-0.2, -0.15) is 0 Å². The molecule has 0 aliphatic carbocycles. The first kappa shape index (κ1) is 20.6. The van der Waals surface area contributed by atoms with Crippen LogP contribution in [-0.2, 0) is 9.53 Å². The van der Waals surface area contributed by atoms with E-state index < -0.39 is 18.0 Å². The van der Waals surface area contributed by atoms with Crippen molar-refractivity contribution >= 4 is 40.8 Å². The molecule has 6 nitrogen and oxygen atoms in total. The Morgan fingerprint density at radius 2 is 1.79 bits per heavy atom. The largest absolute Gasteiger partial charge is 0.449 e. The molecule has 3 rings (SSSR count). The van der Waals surface area contributed by atoms with Gasteiger partial charge in [0.15, 0.2) is 6.10 Å². The van der Waals surface area contributed by atoms with E-state index in [0.717, 1.165) is 0 Å². The van der Waals surface area contributed by atoms with Crippen molar-refractivity contribution < 1.29 is 19.1 Å². The van der Waals surface area contributed by atoms with Crippen molar-refractivity contribution in [3.63, 3.8) is 0 Å². The minimum atomic E-state index is -1.10. The number of amides is 1. The van der Waals surface area contributed by atoms with E-state index in [4.69, 9.17) is 32.7 Å². The summed E-state index contributed by atoms with van der Waals surface area (Å²) in [6.45, 7) is 1.44. The monoisotopic (exact) mass is 430 g/mol. The van der Waals surface area contributed by atoms with Gasteiger partial charge in [-0.3, -0.25) is 4.79 Å². The molecule has 0 aliphatic rings. The van der Waals surface area contributed by atoms with E-state index in [1.165, 1.54) is 25.3 Å². The Morgan fingerprint density at radius 1 is 1.03 bits per heavy atom. The van der Waals surface area contributed by atoms with Crippen molar-refractivity contribution in [2.75, 3.05) is 5.32 Å². The normalized spacial score (nSPS) is 11.4. The number of nitrogens with zero attached hydrogens (tertiary/aromatic N) is 1. The van der Waals surface area contributed by atoms with Crippen LogP contribution in [0.3, 0.4) is 0 Å². The highest BCUT2D eigenvalue weighted by Crippen LogP contribution is 2.26. The third-order valence-corrected chi connectivity index (χ3v) is 4.35. The maximum Gasteiger partial charge on any atom is 0.344 e. The molecule has 0 saturated heterocycles. The second kappa shape index (κ2) is 9.41. The number of hydrogen-bond donors (Lipinski definition) is 1. The van der Waals surface area contributed by atoms with Crippen molar-refractivity contribution in [1.82, 2.24) is 4.98 Å². The zero-order chi connectivity index (χ0) is 20.8. The molecular weight excluding hydrogens is 415 g/mol. The topological polar surface area (TPSA) is 77.5 Å². The maximum atomic E-state index is 12.6. The average Bonchev–Trinajstić information content (AvgIpc) is 2.71. The first-order valence-electron chi connectivity index (χ1n) is 8.59. The van der Waals surface area contributed by atoms with Crippen molar-refractivity contribution in [3.05, 3.63) is 82.5 Å². The minimum Gasteiger partial charge on any atom is -0.449 e. The van der Waals surface area contributed by atoms with Gasteiger partial charge in [-0.15, -0.1) is 0 Å². The zero-order valence-corrected chi connectivity index (χ0v) is 16.8. The molecule has 1 aromatic heterocycles. The first-order chi connectivity index (χ1) is 13.9. The SMILES string of the molecule is CC(OC(=O)c1cccnc1Oc1ccccc1)C(=O)Nc1cc(Cl)ccc1Cl. The number of benzene rings is 2. The van der Waals surface area contributed by atoms with Crippen LogP contribution in [0.5, 0.6) is 11.6 Å². The van der Waals surface area contributed by atoms with E-state index in [0.29, 0.717) is 21.5 Å². The molecule has 1 atom stereocenters. The quantitative estimate of drug-likeness (QED) is 0.532. The molecule has 0 spiro atoms. The highest BCUT2D eigenvalue weighted by atomic mass is 35.5. The van der Waals surface area contributed by atoms with Gasteiger partial charge in [0.05, 0.1) is 10.7 Å². The highest BCUT2D eigenvalue weighted by molar-refractivity contribution is 6.35. The summed E-state index contributed by atoms with van der Waals surface area (Å²) in [5.41, 5.74) is 0.415. The summed E-state index contributed by atoms with van der Waals surface area (Å²) in [4.78, 5) is 29.0. The van der Waals surface area contributed by atoms with Crippen LogP contribution in [-0.4, -0.2) is 23.0 Å². The second-order valence-corrected chi connectivity index (χ2v) is 6.78. The third kappa shape index (κ3) is 5.47. The van der Waals surface area contributed by atoms with Crippen molar-refractivity contribution in [2.45, 2.75) is 13.0 Å². The van der Waals surface area contributed by atoms with E-state index in [1.807, 2.05) is 6.07 Å². The summed E-state index contributed by atoms with van der Waals surface area (Å²) in [5, 5.41) is 3.30. The van der Waals surface area contributed by atoms with Gasteiger partial charge in [0, 0.05) is 11.2 Å². The fraction of sp³-hybridized carbons (Fsp3) is 0.0952. The number of anilines is 1. The molecule has 0 bridgehead atoms. The lowest BCUT2D eigenvalue weighted by molar-refractivity contribution is -0.123. The molecule has 0 saturated carbocycles. The molecule has 3 aromatic rings. The van der Waals surface area contributed by atoms with Crippen molar-refractivity contribution in [3.8, 4) is 11.6 Å². The summed E-state index contributed by atoms with van der Waals surface area (Å²) >= 11 is 12.0. The lowest BCUT2D eigenvalue weighted by atomic mass is 10.2. The fourth-order valence-electron chi connectivity index (χ4n) is 2.33. The van der Waals surface area contributed by atoms with Crippen LogP contribution in [0.25, 0.3) is 0 Å². The average molecular weight is 431 g/mol. The Kier molecular flexibility index (Phi) is 6.69. The van der Waals surface area contributed by atoms with Crippen LogP contribution in [0.15, 0.2) is 66.9 Å². The molecule has 0 radical (unpaired) electrons. The summed E-state index contributed by atoms with van der Waals surface area (Å²) < 4.78 is 10.9. The maximum absolute atomic E-state index is 12.6. The van der Waals surface area contributed by atoms with Gasteiger partial charge in [-0.25, -0.2) is 9.78 Å². The van der Waals surface area contributed by atoms with Crippen LogP contribution in [0.4, 0.5) is 5.69 Å². The lowest BCUT2D eigenvalue weighted by Gasteiger charge is -2.15. The molecule has 1 unspecified atom stereocenters. The number of pyridine rings is 1. The Morgan fingerprint density at radius 3 is 2.55 bits per heavy atom. The first-order valence-corrected chi connectivity index (χ1v) is 9.34. The molecule has 1 amide bonds. The van der Waals surface area contributed by atoms with E-state index >= 15 is 0 Å². The molecule has 0 fully saturated rings. The standard InChI is InChI=1S/C21H16Cl2N2O4/c1-13(19(26)25-18-12-14(22)9-10-17(18)23)28-21(27)16-8-5-11-24-20(16)29-15-6-3-2-4-7-15/h2-13H,1H3,(H,25,26). The van der Waals surface area contributed by atoms with Gasteiger partial charge in [0.25, 0.3) is 5.91 Å². The number of halogens is 2. The number of esters is 1. The molecule has 8 heteroatoms. The molecule has 1 heterocycles. The molecule has 148 valence electrons. The van der Waals surface area contributed by atoms with Gasteiger partial charge in [-0.1, -0.05) is 41.4 Å².